The summed E-state index contributed by atoms with van der Waals surface area (Å²) in [4.78, 5) is 14.6. The fraction of sp³-hybridized carbons (Fsp3) is 0.571. The summed E-state index contributed by atoms with van der Waals surface area (Å²) in [5.74, 6) is 0.528. The molecule has 0 unspecified atom stereocenters. The van der Waals surface area contributed by atoms with Crippen molar-refractivity contribution in [3.63, 3.8) is 0 Å². The van der Waals surface area contributed by atoms with Crippen LogP contribution in [0, 0.1) is 17.2 Å². The van der Waals surface area contributed by atoms with E-state index in [4.69, 9.17) is 5.73 Å². The van der Waals surface area contributed by atoms with Crippen molar-refractivity contribution in [2.24, 2.45) is 5.92 Å². The lowest BCUT2D eigenvalue weighted by molar-refractivity contribution is 0.0960. The van der Waals surface area contributed by atoms with E-state index in [1.165, 1.54) is 11.3 Å². The number of hydrogen-bond donors (Lipinski definition) is 2. The van der Waals surface area contributed by atoms with Crippen LogP contribution in [0.5, 0.6) is 0 Å². The average Bonchev–Trinajstić information content (AvgIpc) is 2.77. The van der Waals surface area contributed by atoms with Crippen LogP contribution in [-0.4, -0.2) is 25.5 Å². The molecule has 0 radical (unpaired) electrons. The second kappa shape index (κ2) is 6.14. The Kier molecular flexibility index (Phi) is 4.50. The number of nitrogens with two attached hydrogens (primary N) is 1. The second-order valence-electron chi connectivity index (χ2n) is 5.17. The maximum absolute atomic E-state index is 12.0. The number of amides is 1. The standard InChI is InChI=1S/C14H20N4OS/c1-3-17-13(19)12-11(16)10(8-15)14(20-12)18-6-4-9(2)5-7-18/h9H,3-7,16H2,1-2H3,(H,17,19). The van der Waals surface area contributed by atoms with Crippen molar-refractivity contribution in [3.05, 3.63) is 10.4 Å². The predicted octanol–water partition coefficient (Wildman–Crippen LogP) is 2.19. The van der Waals surface area contributed by atoms with Gasteiger partial charge in [-0.3, -0.25) is 4.79 Å². The molecule has 5 nitrogen and oxygen atoms in total. The minimum atomic E-state index is -0.192. The fourth-order valence-corrected chi connectivity index (χ4v) is 3.52. The lowest BCUT2D eigenvalue weighted by Crippen LogP contribution is -2.32. The molecule has 0 spiro atoms. The monoisotopic (exact) mass is 292 g/mol. The SMILES string of the molecule is CCNC(=O)c1sc(N2CCC(C)CC2)c(C#N)c1N. The van der Waals surface area contributed by atoms with E-state index in [0.717, 1.165) is 36.9 Å². The van der Waals surface area contributed by atoms with Gasteiger partial charge in [-0.1, -0.05) is 6.92 Å². The Balaban J connectivity index is 2.31. The van der Waals surface area contributed by atoms with E-state index in [9.17, 15) is 10.1 Å². The molecule has 20 heavy (non-hydrogen) atoms. The van der Waals surface area contributed by atoms with Crippen LogP contribution in [0.3, 0.4) is 0 Å². The molecule has 0 saturated carbocycles. The Morgan fingerprint density at radius 1 is 1.55 bits per heavy atom. The molecule has 0 aliphatic carbocycles. The average molecular weight is 292 g/mol. The zero-order valence-corrected chi connectivity index (χ0v) is 12.7. The Bertz CT molecular complexity index is 538. The third-order valence-electron chi connectivity index (χ3n) is 3.65. The predicted molar refractivity (Wildman–Crippen MR) is 82.1 cm³/mol. The van der Waals surface area contributed by atoms with Gasteiger partial charge in [-0.15, -0.1) is 11.3 Å². The van der Waals surface area contributed by atoms with Crippen LogP contribution in [0.2, 0.25) is 0 Å². The van der Waals surface area contributed by atoms with E-state index in [-0.39, 0.29) is 5.91 Å². The highest BCUT2D eigenvalue weighted by atomic mass is 32.1. The van der Waals surface area contributed by atoms with Gasteiger partial charge in [0.15, 0.2) is 0 Å². The van der Waals surface area contributed by atoms with Gasteiger partial charge >= 0.3 is 0 Å². The van der Waals surface area contributed by atoms with Crippen molar-refractivity contribution in [2.45, 2.75) is 26.7 Å². The number of nitrogens with one attached hydrogen (secondary N) is 1. The van der Waals surface area contributed by atoms with E-state index in [1.54, 1.807) is 0 Å². The highest BCUT2D eigenvalue weighted by Gasteiger charge is 2.26. The molecule has 1 saturated heterocycles. The van der Waals surface area contributed by atoms with E-state index in [1.807, 2.05) is 6.92 Å². The van der Waals surface area contributed by atoms with Gasteiger partial charge in [-0.25, -0.2) is 0 Å². The number of rotatable bonds is 3. The normalized spacial score (nSPS) is 15.9. The van der Waals surface area contributed by atoms with Gasteiger partial charge in [0, 0.05) is 19.6 Å². The van der Waals surface area contributed by atoms with Crippen LogP contribution in [0.4, 0.5) is 10.7 Å². The summed E-state index contributed by atoms with van der Waals surface area (Å²) in [6.45, 7) is 6.50. The molecule has 1 aliphatic heterocycles. The molecular weight excluding hydrogens is 272 g/mol. The molecule has 0 atom stereocenters. The van der Waals surface area contributed by atoms with E-state index >= 15 is 0 Å². The van der Waals surface area contributed by atoms with Crippen LogP contribution >= 0.6 is 11.3 Å². The summed E-state index contributed by atoms with van der Waals surface area (Å²) in [6.07, 6.45) is 2.22. The van der Waals surface area contributed by atoms with Crippen LogP contribution in [0.1, 0.15) is 41.9 Å². The van der Waals surface area contributed by atoms with Crippen molar-refractivity contribution in [1.29, 1.82) is 5.26 Å². The van der Waals surface area contributed by atoms with Crippen molar-refractivity contribution >= 4 is 27.9 Å². The first-order valence-corrected chi connectivity index (χ1v) is 7.75. The Morgan fingerprint density at radius 3 is 2.75 bits per heavy atom. The third-order valence-corrected chi connectivity index (χ3v) is 4.92. The zero-order chi connectivity index (χ0) is 14.7. The molecule has 2 rings (SSSR count). The first kappa shape index (κ1) is 14.7. The van der Waals surface area contributed by atoms with Crippen molar-refractivity contribution in [3.8, 4) is 6.07 Å². The quantitative estimate of drug-likeness (QED) is 0.894. The van der Waals surface area contributed by atoms with E-state index in [2.05, 4.69) is 23.2 Å². The number of carbonyl (C=O) groups is 1. The Hall–Kier alpha value is -1.74. The van der Waals surface area contributed by atoms with Crippen LogP contribution in [0.15, 0.2) is 0 Å². The first-order chi connectivity index (χ1) is 9.58. The molecule has 2 heterocycles. The molecule has 1 fully saturated rings. The minimum absolute atomic E-state index is 0.192. The zero-order valence-electron chi connectivity index (χ0n) is 11.9. The Morgan fingerprint density at radius 2 is 2.20 bits per heavy atom. The Labute approximate surface area is 123 Å². The molecule has 108 valence electrons. The molecule has 1 aliphatic rings. The number of nitriles is 1. The molecule has 0 bridgehead atoms. The van der Waals surface area contributed by atoms with Gasteiger partial charge in [0.05, 0.1) is 5.69 Å². The second-order valence-corrected chi connectivity index (χ2v) is 6.16. The van der Waals surface area contributed by atoms with Crippen LogP contribution < -0.4 is 16.0 Å². The topological polar surface area (TPSA) is 82.2 Å². The number of anilines is 2. The maximum atomic E-state index is 12.0. The number of nitrogens with zero attached hydrogens (tertiary/aromatic N) is 2. The summed E-state index contributed by atoms with van der Waals surface area (Å²) in [5.41, 5.74) is 6.75. The number of thiophene rings is 1. The summed E-state index contributed by atoms with van der Waals surface area (Å²) < 4.78 is 0. The summed E-state index contributed by atoms with van der Waals surface area (Å²) in [6, 6.07) is 2.15. The highest BCUT2D eigenvalue weighted by Crippen LogP contribution is 2.39. The number of piperidine rings is 1. The molecule has 1 aromatic rings. The molecule has 3 N–H and O–H groups in total. The van der Waals surface area contributed by atoms with Gasteiger partial charge in [-0.05, 0) is 25.7 Å². The number of nitrogen functional groups attached to an aromatic ring is 1. The van der Waals surface area contributed by atoms with Gasteiger partial charge in [-0.2, -0.15) is 5.26 Å². The molecule has 1 amide bonds. The van der Waals surface area contributed by atoms with Gasteiger partial charge < -0.3 is 16.0 Å². The van der Waals surface area contributed by atoms with Crippen molar-refractivity contribution in [1.82, 2.24) is 5.32 Å². The third kappa shape index (κ3) is 2.73. The number of hydrogen-bond acceptors (Lipinski definition) is 5. The van der Waals surface area contributed by atoms with Crippen molar-refractivity contribution < 1.29 is 4.79 Å². The van der Waals surface area contributed by atoms with Gasteiger partial charge in [0.2, 0.25) is 0 Å². The highest BCUT2D eigenvalue weighted by molar-refractivity contribution is 7.19. The summed E-state index contributed by atoms with van der Waals surface area (Å²) in [7, 11) is 0. The summed E-state index contributed by atoms with van der Waals surface area (Å²) in [5, 5.41) is 12.9. The molecule has 1 aromatic heterocycles. The fourth-order valence-electron chi connectivity index (χ4n) is 2.38. The van der Waals surface area contributed by atoms with Crippen LogP contribution in [0.25, 0.3) is 0 Å². The maximum Gasteiger partial charge on any atom is 0.263 e. The minimum Gasteiger partial charge on any atom is -0.396 e. The lowest BCUT2D eigenvalue weighted by Gasteiger charge is -2.31. The van der Waals surface area contributed by atoms with Gasteiger partial charge in [0.25, 0.3) is 5.91 Å². The molecule has 6 heteroatoms. The van der Waals surface area contributed by atoms with Crippen LogP contribution in [-0.2, 0) is 0 Å². The smallest absolute Gasteiger partial charge is 0.263 e. The van der Waals surface area contributed by atoms with E-state index in [0.29, 0.717) is 22.7 Å². The number of carbonyl (C=O) groups excluding carboxylic acids is 1. The van der Waals surface area contributed by atoms with Gasteiger partial charge in [0.1, 0.15) is 21.5 Å². The summed E-state index contributed by atoms with van der Waals surface area (Å²) >= 11 is 1.33. The van der Waals surface area contributed by atoms with E-state index < -0.39 is 0 Å². The van der Waals surface area contributed by atoms with Crippen molar-refractivity contribution in [2.75, 3.05) is 30.3 Å². The molecule has 0 aromatic carbocycles. The molecular formula is C14H20N4OS. The first-order valence-electron chi connectivity index (χ1n) is 6.94. The largest absolute Gasteiger partial charge is 0.396 e. The lowest BCUT2D eigenvalue weighted by atomic mass is 9.99.